The number of benzene rings is 2. The molecule has 29 heavy (non-hydrogen) atoms. The molecule has 0 amide bonds. The zero-order valence-electron chi connectivity index (χ0n) is 16.3. The first kappa shape index (κ1) is 19.9. The van der Waals surface area contributed by atoms with Gasteiger partial charge in [0.15, 0.2) is 0 Å². The largest absolute Gasteiger partial charge is 0.489 e. The van der Waals surface area contributed by atoms with Crippen LogP contribution >= 0.6 is 11.6 Å². The average molecular weight is 415 g/mol. The third-order valence-corrected chi connectivity index (χ3v) is 6.40. The van der Waals surface area contributed by atoms with Gasteiger partial charge in [0.25, 0.3) is 5.56 Å². The van der Waals surface area contributed by atoms with Crippen LogP contribution in [0, 0.1) is 11.7 Å². The highest BCUT2D eigenvalue weighted by Gasteiger charge is 2.35. The van der Waals surface area contributed by atoms with Gasteiger partial charge in [-0.05, 0) is 79.8 Å². The van der Waals surface area contributed by atoms with Crippen LogP contribution in [0.1, 0.15) is 38.2 Å². The predicted octanol–water partition coefficient (Wildman–Crippen LogP) is 5.13. The van der Waals surface area contributed by atoms with E-state index in [-0.39, 0.29) is 17.5 Å². The van der Waals surface area contributed by atoms with Crippen LogP contribution in [-0.4, -0.2) is 11.1 Å². The van der Waals surface area contributed by atoms with Crippen LogP contribution < -0.4 is 16.0 Å². The van der Waals surface area contributed by atoms with Gasteiger partial charge in [-0.3, -0.25) is 4.79 Å². The summed E-state index contributed by atoms with van der Waals surface area (Å²) in [5.41, 5.74) is 6.91. The maximum absolute atomic E-state index is 13.2. The molecule has 0 saturated heterocycles. The van der Waals surface area contributed by atoms with Crippen molar-refractivity contribution < 1.29 is 9.13 Å². The number of nitrogens with one attached hydrogen (secondary N) is 1. The van der Waals surface area contributed by atoms with Gasteiger partial charge in [-0.15, -0.1) is 0 Å². The van der Waals surface area contributed by atoms with Crippen molar-refractivity contribution in [2.24, 2.45) is 11.7 Å². The van der Waals surface area contributed by atoms with E-state index in [1.165, 1.54) is 12.1 Å². The molecule has 6 heteroatoms. The number of ether oxygens (including phenoxy) is 1. The van der Waals surface area contributed by atoms with Gasteiger partial charge in [0, 0.05) is 17.1 Å². The lowest BCUT2D eigenvalue weighted by Gasteiger charge is -2.39. The molecule has 4 rings (SSSR count). The molecular formula is C23H24ClFN2O2. The summed E-state index contributed by atoms with van der Waals surface area (Å²) in [7, 11) is 0. The van der Waals surface area contributed by atoms with E-state index in [4.69, 9.17) is 22.1 Å². The lowest BCUT2D eigenvalue weighted by atomic mass is 9.72. The van der Waals surface area contributed by atoms with Gasteiger partial charge in [-0.25, -0.2) is 4.39 Å². The Labute approximate surface area is 173 Å². The molecule has 152 valence electrons. The van der Waals surface area contributed by atoms with Crippen molar-refractivity contribution in [2.45, 2.75) is 44.2 Å². The highest BCUT2D eigenvalue weighted by Crippen LogP contribution is 2.39. The van der Waals surface area contributed by atoms with E-state index in [0.717, 1.165) is 36.6 Å². The van der Waals surface area contributed by atoms with Gasteiger partial charge >= 0.3 is 0 Å². The second-order valence-electron chi connectivity index (χ2n) is 8.06. The molecule has 0 bridgehead atoms. The maximum atomic E-state index is 13.2. The molecule has 0 radical (unpaired) electrons. The SMILES string of the molecule is CC(N)(c1ccc(F)cc1)C1CCC(Oc2cc3cc[nH]c(=O)c3cc2Cl)CC1. The van der Waals surface area contributed by atoms with Crippen molar-refractivity contribution in [2.75, 3.05) is 0 Å². The van der Waals surface area contributed by atoms with Crippen LogP contribution in [0.3, 0.4) is 0 Å². The van der Waals surface area contributed by atoms with E-state index >= 15 is 0 Å². The fraction of sp³-hybridized carbons (Fsp3) is 0.348. The van der Waals surface area contributed by atoms with Gasteiger partial charge in [0.05, 0.1) is 11.1 Å². The Bertz CT molecular complexity index is 1070. The molecule has 2 aromatic carbocycles. The summed E-state index contributed by atoms with van der Waals surface area (Å²) in [4.78, 5) is 14.6. The summed E-state index contributed by atoms with van der Waals surface area (Å²) in [6.45, 7) is 2.02. The summed E-state index contributed by atoms with van der Waals surface area (Å²) >= 11 is 6.36. The number of rotatable bonds is 4. The fourth-order valence-electron chi connectivity index (χ4n) is 4.28. The number of aromatic amines is 1. The van der Waals surface area contributed by atoms with Crippen LogP contribution in [0.15, 0.2) is 53.5 Å². The Kier molecular flexibility index (Phi) is 5.36. The van der Waals surface area contributed by atoms with Gasteiger partial charge in [0.2, 0.25) is 0 Å². The Balaban J connectivity index is 1.45. The van der Waals surface area contributed by atoms with Gasteiger partial charge in [-0.1, -0.05) is 23.7 Å². The van der Waals surface area contributed by atoms with Crippen LogP contribution in [-0.2, 0) is 5.54 Å². The second kappa shape index (κ2) is 7.81. The first-order chi connectivity index (χ1) is 13.8. The third kappa shape index (κ3) is 4.02. The molecule has 3 aromatic rings. The summed E-state index contributed by atoms with van der Waals surface area (Å²) in [6.07, 6.45) is 5.22. The number of nitrogens with two attached hydrogens (primary N) is 1. The van der Waals surface area contributed by atoms with Crippen molar-refractivity contribution >= 4 is 22.4 Å². The number of fused-ring (bicyclic) bond motifs is 1. The number of aromatic nitrogens is 1. The standard InChI is InChI=1S/C23H24ClFN2O2/c1-23(26,15-2-6-17(25)7-3-15)16-4-8-18(9-5-16)29-21-12-14-10-11-27-22(28)19(14)13-20(21)24/h2-3,6-7,10-13,16,18H,4-5,8-9,26H2,1H3,(H,27,28). The van der Waals surface area contributed by atoms with Crippen molar-refractivity contribution in [3.63, 3.8) is 0 Å². The molecule has 3 N–H and O–H groups in total. The molecule has 1 aromatic heterocycles. The number of halogens is 2. The summed E-state index contributed by atoms with van der Waals surface area (Å²) in [6, 6.07) is 11.8. The molecular weight excluding hydrogens is 391 g/mol. The van der Waals surface area contributed by atoms with E-state index in [9.17, 15) is 9.18 Å². The first-order valence-corrected chi connectivity index (χ1v) is 10.2. The van der Waals surface area contributed by atoms with E-state index in [2.05, 4.69) is 4.98 Å². The minimum Gasteiger partial charge on any atom is -0.489 e. The highest BCUT2D eigenvalue weighted by atomic mass is 35.5. The van der Waals surface area contributed by atoms with Crippen molar-refractivity contribution in [1.29, 1.82) is 0 Å². The number of hydrogen-bond donors (Lipinski definition) is 2. The lowest BCUT2D eigenvalue weighted by molar-refractivity contribution is 0.104. The maximum Gasteiger partial charge on any atom is 0.255 e. The fourth-order valence-corrected chi connectivity index (χ4v) is 4.49. The van der Waals surface area contributed by atoms with Crippen molar-refractivity contribution in [3.05, 3.63) is 75.4 Å². The van der Waals surface area contributed by atoms with Crippen molar-refractivity contribution in [3.8, 4) is 5.75 Å². The average Bonchev–Trinajstić information content (AvgIpc) is 2.70. The van der Waals surface area contributed by atoms with Crippen LogP contribution in [0.5, 0.6) is 5.75 Å². The minimum absolute atomic E-state index is 0.0483. The van der Waals surface area contributed by atoms with Gasteiger partial charge in [0.1, 0.15) is 11.6 Å². The highest BCUT2D eigenvalue weighted by molar-refractivity contribution is 6.32. The van der Waals surface area contributed by atoms with Crippen molar-refractivity contribution in [1.82, 2.24) is 4.98 Å². The summed E-state index contributed by atoms with van der Waals surface area (Å²) in [5, 5.41) is 1.78. The summed E-state index contributed by atoms with van der Waals surface area (Å²) < 4.78 is 19.4. The van der Waals surface area contributed by atoms with E-state index < -0.39 is 5.54 Å². The van der Waals surface area contributed by atoms with Crippen LogP contribution in [0.25, 0.3) is 10.8 Å². The Morgan fingerprint density at radius 3 is 2.52 bits per heavy atom. The minimum atomic E-state index is -0.514. The quantitative estimate of drug-likeness (QED) is 0.621. The monoisotopic (exact) mass is 414 g/mol. The Hall–Kier alpha value is -2.37. The van der Waals surface area contributed by atoms with Gasteiger partial charge < -0.3 is 15.5 Å². The van der Waals surface area contributed by atoms with Gasteiger partial charge in [-0.2, -0.15) is 0 Å². The normalized spacial score (nSPS) is 21.7. The molecule has 4 nitrogen and oxygen atoms in total. The Morgan fingerprint density at radius 1 is 1.14 bits per heavy atom. The number of H-pyrrole nitrogens is 1. The predicted molar refractivity (Wildman–Crippen MR) is 114 cm³/mol. The lowest BCUT2D eigenvalue weighted by Crippen LogP contribution is -2.44. The second-order valence-corrected chi connectivity index (χ2v) is 8.46. The molecule has 1 aliphatic carbocycles. The molecule has 1 saturated carbocycles. The van der Waals surface area contributed by atoms with Crippen LogP contribution in [0.2, 0.25) is 5.02 Å². The first-order valence-electron chi connectivity index (χ1n) is 9.87. The Morgan fingerprint density at radius 2 is 1.83 bits per heavy atom. The number of hydrogen-bond acceptors (Lipinski definition) is 3. The molecule has 1 aliphatic rings. The molecule has 0 aliphatic heterocycles. The van der Waals surface area contributed by atoms with E-state index in [1.807, 2.05) is 19.1 Å². The molecule has 1 fully saturated rings. The zero-order valence-corrected chi connectivity index (χ0v) is 17.0. The topological polar surface area (TPSA) is 68.1 Å². The molecule has 0 spiro atoms. The molecule has 1 heterocycles. The number of pyridine rings is 1. The van der Waals surface area contributed by atoms with Crippen LogP contribution in [0.4, 0.5) is 4.39 Å². The molecule has 1 unspecified atom stereocenters. The van der Waals surface area contributed by atoms with E-state index in [1.54, 1.807) is 24.4 Å². The smallest absolute Gasteiger partial charge is 0.255 e. The summed E-state index contributed by atoms with van der Waals surface area (Å²) in [5.74, 6) is 0.636. The van der Waals surface area contributed by atoms with E-state index in [0.29, 0.717) is 22.1 Å². The molecule has 1 atom stereocenters. The zero-order chi connectivity index (χ0) is 20.6. The third-order valence-electron chi connectivity index (χ3n) is 6.11.